The quantitative estimate of drug-likeness (QED) is 0.120. The van der Waals surface area contributed by atoms with Crippen molar-refractivity contribution < 1.29 is 9.53 Å². The lowest BCUT2D eigenvalue weighted by molar-refractivity contribution is -0.140. The van der Waals surface area contributed by atoms with Gasteiger partial charge < -0.3 is 9.30 Å². The molecule has 0 saturated carbocycles. The van der Waals surface area contributed by atoms with E-state index in [1.165, 1.54) is 71.3 Å². The molecule has 0 aromatic carbocycles. The van der Waals surface area contributed by atoms with Gasteiger partial charge in [0.25, 0.3) is 0 Å². The Morgan fingerprint density at radius 3 is 1.97 bits per heavy atom. The molecule has 0 aliphatic heterocycles. The molecule has 0 amide bonds. The monoisotopic (exact) mass is 456 g/mol. The van der Waals surface area contributed by atoms with E-state index in [1.54, 1.807) is 6.33 Å². The van der Waals surface area contributed by atoms with Gasteiger partial charge in [0.1, 0.15) is 5.52 Å². The Kier molecular flexibility index (Phi) is 12.1. The number of aromatic nitrogens is 4. The molecule has 0 aliphatic rings. The van der Waals surface area contributed by atoms with Gasteiger partial charge in [-0.05, 0) is 24.4 Å². The number of carbonyl (C=O) groups is 1. The molecule has 0 saturated heterocycles. The van der Waals surface area contributed by atoms with Crippen LogP contribution in [0.4, 0.5) is 0 Å². The summed E-state index contributed by atoms with van der Waals surface area (Å²) < 4.78 is 6.65. The van der Waals surface area contributed by atoms with Crippen LogP contribution in [0.1, 0.15) is 89.9 Å². The first-order valence-electron chi connectivity index (χ1n) is 11.2. The summed E-state index contributed by atoms with van der Waals surface area (Å²) in [4.78, 5) is 23.5. The zero-order valence-corrected chi connectivity index (χ0v) is 19.6. The molecule has 6 nitrogen and oxygen atoms in total. The average molecular weight is 457 g/mol. The number of hydrogen-bond acceptors (Lipinski definition) is 5. The Hall–Kier alpha value is -1.40. The van der Waals surface area contributed by atoms with Crippen LogP contribution in [0.25, 0.3) is 11.2 Å². The summed E-state index contributed by atoms with van der Waals surface area (Å²) in [5.74, 6) is -0.0883. The van der Waals surface area contributed by atoms with Crippen molar-refractivity contribution in [3.8, 4) is 0 Å². The van der Waals surface area contributed by atoms with Gasteiger partial charge in [-0.1, -0.05) is 82.2 Å². The van der Waals surface area contributed by atoms with E-state index < -0.39 is 0 Å². The van der Waals surface area contributed by atoms with Crippen LogP contribution in [0.3, 0.4) is 0 Å². The second-order valence-corrected chi connectivity index (χ2v) is 8.51. The Morgan fingerprint density at radius 1 is 0.867 bits per heavy atom. The van der Waals surface area contributed by atoms with Crippen molar-refractivity contribution in [2.24, 2.45) is 0 Å². The first-order chi connectivity index (χ1) is 14.6. The fraction of sp³-hybridized carbons (Fsp3) is 0.727. The van der Waals surface area contributed by atoms with E-state index in [9.17, 15) is 4.79 Å². The van der Waals surface area contributed by atoms with E-state index in [4.69, 9.17) is 23.2 Å². The zero-order valence-electron chi connectivity index (χ0n) is 18.0. The molecule has 0 unspecified atom stereocenters. The minimum atomic E-state index is -0.0883. The summed E-state index contributed by atoms with van der Waals surface area (Å²) in [5, 5.41) is 0.468. The van der Waals surface area contributed by atoms with Gasteiger partial charge in [-0.15, -0.1) is 0 Å². The first kappa shape index (κ1) is 24.9. The van der Waals surface area contributed by atoms with Gasteiger partial charge in [-0.25, -0.2) is 9.97 Å². The van der Waals surface area contributed by atoms with E-state index in [0.717, 1.165) is 25.8 Å². The summed E-state index contributed by atoms with van der Waals surface area (Å²) in [6.07, 6.45) is 18.5. The Labute approximate surface area is 189 Å². The normalized spacial score (nSPS) is 11.3. The molecular formula is C22H34Cl2N4O2. The molecule has 2 aromatic rings. The van der Waals surface area contributed by atoms with Crippen LogP contribution < -0.4 is 0 Å². The van der Waals surface area contributed by atoms with E-state index in [0.29, 0.717) is 22.7 Å². The average Bonchev–Trinajstić information content (AvgIpc) is 3.13. The molecule has 0 spiro atoms. The maximum Gasteiger partial charge on any atom is 0.305 e. The molecular weight excluding hydrogens is 423 g/mol. The fourth-order valence-corrected chi connectivity index (χ4v) is 4.07. The number of nitrogens with zero attached hydrogens (tertiary/aromatic N) is 4. The standard InChI is InChI=1S/C22H34Cl2N4O2/c1-30-18(29)15-13-11-9-7-5-3-2-4-6-8-10-12-14-16-28-17-25-19-20(23)26-22(24)27-21(19)28/h17H,2-16H2,1H3. The van der Waals surface area contributed by atoms with Crippen molar-refractivity contribution in [2.45, 2.75) is 96.4 Å². The lowest BCUT2D eigenvalue weighted by Crippen LogP contribution is -1.99. The van der Waals surface area contributed by atoms with E-state index >= 15 is 0 Å². The third kappa shape index (κ3) is 9.17. The molecule has 8 heteroatoms. The topological polar surface area (TPSA) is 69.9 Å². The number of unbranched alkanes of at least 4 members (excludes halogenated alkanes) is 12. The third-order valence-electron chi connectivity index (χ3n) is 5.40. The number of halogens is 2. The summed E-state index contributed by atoms with van der Waals surface area (Å²) >= 11 is 12.0. The maximum atomic E-state index is 11.0. The van der Waals surface area contributed by atoms with Crippen LogP contribution in [-0.4, -0.2) is 32.6 Å². The number of carbonyl (C=O) groups excluding carboxylic acids is 1. The molecule has 2 rings (SSSR count). The molecule has 168 valence electrons. The molecule has 0 atom stereocenters. The summed E-state index contributed by atoms with van der Waals surface area (Å²) in [6, 6.07) is 0. The highest BCUT2D eigenvalue weighted by atomic mass is 35.5. The molecule has 0 N–H and O–H groups in total. The van der Waals surface area contributed by atoms with Gasteiger partial charge >= 0.3 is 5.97 Å². The van der Waals surface area contributed by atoms with Crippen molar-refractivity contribution in [2.75, 3.05) is 7.11 Å². The van der Waals surface area contributed by atoms with Crippen LogP contribution in [0.2, 0.25) is 10.4 Å². The van der Waals surface area contributed by atoms with Gasteiger partial charge in [-0.3, -0.25) is 4.79 Å². The van der Waals surface area contributed by atoms with E-state index in [-0.39, 0.29) is 11.3 Å². The Balaban J connectivity index is 1.40. The SMILES string of the molecule is COC(=O)CCCCCCCCCCCCCCCn1cnc2c(Cl)nc(Cl)nc21. The number of imidazole rings is 1. The van der Waals surface area contributed by atoms with Crippen molar-refractivity contribution in [1.29, 1.82) is 0 Å². The van der Waals surface area contributed by atoms with Crippen molar-refractivity contribution in [3.63, 3.8) is 0 Å². The van der Waals surface area contributed by atoms with Gasteiger partial charge in [0.05, 0.1) is 13.4 Å². The van der Waals surface area contributed by atoms with Crippen LogP contribution >= 0.6 is 23.2 Å². The van der Waals surface area contributed by atoms with Crippen molar-refractivity contribution >= 4 is 40.3 Å². The highest BCUT2D eigenvalue weighted by Gasteiger charge is 2.10. The number of methoxy groups -OCH3 is 1. The van der Waals surface area contributed by atoms with Crippen molar-refractivity contribution in [3.05, 3.63) is 16.8 Å². The van der Waals surface area contributed by atoms with E-state index in [2.05, 4.69) is 19.7 Å². The van der Waals surface area contributed by atoms with Crippen LogP contribution in [0.15, 0.2) is 6.33 Å². The lowest BCUT2D eigenvalue weighted by Gasteiger charge is -2.05. The van der Waals surface area contributed by atoms with Gasteiger partial charge in [0, 0.05) is 13.0 Å². The minimum absolute atomic E-state index is 0.0883. The number of esters is 1. The fourth-order valence-electron chi connectivity index (χ4n) is 3.65. The van der Waals surface area contributed by atoms with Gasteiger partial charge in [0.2, 0.25) is 5.28 Å². The molecule has 0 fully saturated rings. The lowest BCUT2D eigenvalue weighted by atomic mass is 10.0. The maximum absolute atomic E-state index is 11.0. The van der Waals surface area contributed by atoms with Crippen LogP contribution in [0, 0.1) is 0 Å². The van der Waals surface area contributed by atoms with Gasteiger partial charge in [-0.2, -0.15) is 4.98 Å². The first-order valence-corrected chi connectivity index (χ1v) is 12.0. The molecule has 2 aromatic heterocycles. The highest BCUT2D eigenvalue weighted by molar-refractivity contribution is 6.35. The van der Waals surface area contributed by atoms with Gasteiger partial charge in [0.15, 0.2) is 10.8 Å². The molecule has 2 heterocycles. The number of fused-ring (bicyclic) bond motifs is 1. The minimum Gasteiger partial charge on any atom is -0.469 e. The number of ether oxygens (including phenoxy) is 1. The second-order valence-electron chi connectivity index (χ2n) is 7.82. The number of aryl methyl sites for hydroxylation is 1. The molecule has 0 aliphatic carbocycles. The summed E-state index contributed by atoms with van der Waals surface area (Å²) in [5.41, 5.74) is 1.32. The third-order valence-corrected chi connectivity index (χ3v) is 5.83. The van der Waals surface area contributed by atoms with Crippen molar-refractivity contribution in [1.82, 2.24) is 19.5 Å². The Bertz CT molecular complexity index is 767. The number of rotatable bonds is 16. The van der Waals surface area contributed by atoms with Crippen LogP contribution in [-0.2, 0) is 16.1 Å². The smallest absolute Gasteiger partial charge is 0.305 e. The summed E-state index contributed by atoms with van der Waals surface area (Å²) in [6.45, 7) is 0.875. The molecule has 0 bridgehead atoms. The number of hydrogen-bond donors (Lipinski definition) is 0. The predicted octanol–water partition coefficient (Wildman–Crippen LogP) is 6.77. The second kappa shape index (κ2) is 14.6. The summed E-state index contributed by atoms with van der Waals surface area (Å²) in [7, 11) is 1.45. The predicted molar refractivity (Wildman–Crippen MR) is 122 cm³/mol. The van der Waals surface area contributed by atoms with E-state index in [1.807, 2.05) is 4.57 Å². The molecule has 0 radical (unpaired) electrons. The molecule has 30 heavy (non-hydrogen) atoms. The van der Waals surface area contributed by atoms with Crippen LogP contribution in [0.5, 0.6) is 0 Å². The largest absolute Gasteiger partial charge is 0.469 e. The highest BCUT2D eigenvalue weighted by Crippen LogP contribution is 2.21. The Morgan fingerprint density at radius 2 is 1.40 bits per heavy atom. The zero-order chi connectivity index (χ0) is 21.6.